The second-order valence-electron chi connectivity index (χ2n) is 3.44. The zero-order valence-electron chi connectivity index (χ0n) is 9.55. The average molecular weight is 257 g/mol. The van der Waals surface area contributed by atoms with Gasteiger partial charge in [0.2, 0.25) is 5.91 Å². The number of nitrogens with one attached hydrogen (secondary N) is 1. The smallest absolute Gasteiger partial charge is 0.325 e. The Kier molecular flexibility index (Phi) is 5.55. The zero-order chi connectivity index (χ0) is 12.7. The number of amides is 1. The van der Waals surface area contributed by atoms with E-state index in [0.29, 0.717) is 12.2 Å². The van der Waals surface area contributed by atoms with Crippen LogP contribution in [-0.2, 0) is 16.1 Å². The van der Waals surface area contributed by atoms with Crippen molar-refractivity contribution in [2.24, 2.45) is 0 Å². The van der Waals surface area contributed by atoms with Crippen LogP contribution in [0.2, 0.25) is 0 Å². The predicted octanol–water partition coefficient (Wildman–Crippen LogP) is 1.05. The maximum absolute atomic E-state index is 11.4. The molecule has 1 amide bonds. The minimum absolute atomic E-state index is 0.0976. The third-order valence-corrected chi connectivity index (χ3v) is 2.65. The molecule has 1 heterocycles. The Morgan fingerprint density at radius 2 is 2.35 bits per heavy atom. The van der Waals surface area contributed by atoms with Gasteiger partial charge >= 0.3 is 5.97 Å². The molecule has 1 aromatic heterocycles. The standard InChI is InChI=1S/C10H15N3O3S/c1-17-6-2-3-9(14)11-8-4-5-13(12-8)7-10(15)16/h4-5H,2-3,6-7H2,1H3,(H,15,16)(H,11,12,14). The number of anilines is 1. The molecule has 94 valence electrons. The van der Waals surface area contributed by atoms with Crippen LogP contribution < -0.4 is 5.32 Å². The van der Waals surface area contributed by atoms with Gasteiger partial charge in [-0.25, -0.2) is 0 Å². The fourth-order valence-corrected chi connectivity index (χ4v) is 1.67. The second-order valence-corrected chi connectivity index (χ2v) is 4.42. The highest BCUT2D eigenvalue weighted by molar-refractivity contribution is 7.98. The third-order valence-electron chi connectivity index (χ3n) is 1.96. The van der Waals surface area contributed by atoms with Crippen molar-refractivity contribution in [3.63, 3.8) is 0 Å². The maximum atomic E-state index is 11.4. The molecule has 6 nitrogen and oxygen atoms in total. The molecular formula is C10H15N3O3S. The summed E-state index contributed by atoms with van der Waals surface area (Å²) in [4.78, 5) is 21.9. The van der Waals surface area contributed by atoms with Gasteiger partial charge in [-0.2, -0.15) is 16.9 Å². The number of carboxylic acid groups (broad SMARTS) is 1. The van der Waals surface area contributed by atoms with Crippen LogP contribution in [0.5, 0.6) is 0 Å². The Morgan fingerprint density at radius 3 is 3.00 bits per heavy atom. The number of carboxylic acids is 1. The molecule has 0 fully saturated rings. The Morgan fingerprint density at radius 1 is 1.59 bits per heavy atom. The van der Waals surface area contributed by atoms with E-state index in [1.54, 1.807) is 17.8 Å². The summed E-state index contributed by atoms with van der Waals surface area (Å²) in [6.45, 7) is -0.206. The number of carbonyl (C=O) groups excluding carboxylic acids is 1. The minimum Gasteiger partial charge on any atom is -0.480 e. The van der Waals surface area contributed by atoms with Gasteiger partial charge in [0.15, 0.2) is 5.82 Å². The quantitative estimate of drug-likeness (QED) is 0.713. The third kappa shape index (κ3) is 5.39. The molecule has 0 aliphatic rings. The lowest BCUT2D eigenvalue weighted by Crippen LogP contribution is -2.13. The van der Waals surface area contributed by atoms with Gasteiger partial charge in [0, 0.05) is 18.7 Å². The summed E-state index contributed by atoms with van der Waals surface area (Å²) in [5.74, 6) is 0.270. The maximum Gasteiger partial charge on any atom is 0.325 e. The van der Waals surface area contributed by atoms with E-state index in [0.717, 1.165) is 12.2 Å². The first-order valence-electron chi connectivity index (χ1n) is 5.16. The lowest BCUT2D eigenvalue weighted by molar-refractivity contribution is -0.137. The van der Waals surface area contributed by atoms with Crippen molar-refractivity contribution in [3.05, 3.63) is 12.3 Å². The Hall–Kier alpha value is -1.50. The van der Waals surface area contributed by atoms with Crippen molar-refractivity contribution in [1.29, 1.82) is 0 Å². The number of aliphatic carboxylic acids is 1. The van der Waals surface area contributed by atoms with Crippen LogP contribution in [-0.4, -0.2) is 38.8 Å². The molecule has 0 unspecified atom stereocenters. The molecule has 1 aromatic rings. The Balaban J connectivity index is 2.38. The molecule has 0 spiro atoms. The van der Waals surface area contributed by atoms with Crippen LogP contribution in [0, 0.1) is 0 Å². The van der Waals surface area contributed by atoms with Crippen molar-refractivity contribution >= 4 is 29.5 Å². The first-order valence-corrected chi connectivity index (χ1v) is 6.55. The van der Waals surface area contributed by atoms with Gasteiger partial charge in [-0.3, -0.25) is 14.3 Å². The molecule has 0 bridgehead atoms. The molecule has 2 N–H and O–H groups in total. The highest BCUT2D eigenvalue weighted by Gasteiger charge is 2.06. The van der Waals surface area contributed by atoms with Crippen LogP contribution in [0.1, 0.15) is 12.8 Å². The largest absolute Gasteiger partial charge is 0.480 e. The molecule has 0 aliphatic heterocycles. The number of thioether (sulfide) groups is 1. The zero-order valence-corrected chi connectivity index (χ0v) is 10.4. The average Bonchev–Trinajstić information content (AvgIpc) is 2.64. The van der Waals surface area contributed by atoms with Crippen LogP contribution in [0.3, 0.4) is 0 Å². The minimum atomic E-state index is -0.967. The normalized spacial score (nSPS) is 10.2. The number of rotatable bonds is 7. The molecular weight excluding hydrogens is 242 g/mol. The van der Waals surface area contributed by atoms with Gasteiger partial charge < -0.3 is 10.4 Å². The summed E-state index contributed by atoms with van der Waals surface area (Å²) in [6.07, 6.45) is 4.78. The lowest BCUT2D eigenvalue weighted by Gasteiger charge is -2.01. The summed E-state index contributed by atoms with van der Waals surface area (Å²) in [5.41, 5.74) is 0. The van der Waals surface area contributed by atoms with Crippen LogP contribution >= 0.6 is 11.8 Å². The summed E-state index contributed by atoms with van der Waals surface area (Å²) >= 11 is 1.70. The van der Waals surface area contributed by atoms with E-state index in [1.165, 1.54) is 10.9 Å². The van der Waals surface area contributed by atoms with Crippen molar-refractivity contribution in [2.75, 3.05) is 17.3 Å². The molecule has 0 saturated carbocycles. The summed E-state index contributed by atoms with van der Waals surface area (Å²) in [5, 5.41) is 15.1. The number of aromatic nitrogens is 2. The van der Waals surface area contributed by atoms with E-state index >= 15 is 0 Å². The fourth-order valence-electron chi connectivity index (χ4n) is 1.24. The first-order chi connectivity index (χ1) is 8.11. The first kappa shape index (κ1) is 13.6. The van der Waals surface area contributed by atoms with Crippen molar-refractivity contribution in [3.8, 4) is 0 Å². The molecule has 0 aromatic carbocycles. The van der Waals surface area contributed by atoms with E-state index < -0.39 is 5.97 Å². The molecule has 17 heavy (non-hydrogen) atoms. The SMILES string of the molecule is CSCCCC(=O)Nc1ccn(CC(=O)O)n1. The predicted molar refractivity (Wildman–Crippen MR) is 66.1 cm³/mol. The van der Waals surface area contributed by atoms with E-state index in [9.17, 15) is 9.59 Å². The topological polar surface area (TPSA) is 84.2 Å². The van der Waals surface area contributed by atoms with E-state index in [2.05, 4.69) is 10.4 Å². The summed E-state index contributed by atoms with van der Waals surface area (Å²) < 4.78 is 1.26. The van der Waals surface area contributed by atoms with Gasteiger partial charge in [-0.15, -0.1) is 0 Å². The summed E-state index contributed by atoms with van der Waals surface area (Å²) in [6, 6.07) is 1.58. The second kappa shape index (κ2) is 6.95. The molecule has 0 radical (unpaired) electrons. The van der Waals surface area contributed by atoms with E-state index in [4.69, 9.17) is 5.11 Å². The Labute approximate surface area is 103 Å². The van der Waals surface area contributed by atoms with Gasteiger partial charge in [0.1, 0.15) is 6.54 Å². The van der Waals surface area contributed by atoms with Crippen LogP contribution in [0.4, 0.5) is 5.82 Å². The molecule has 1 rings (SSSR count). The number of carbonyl (C=O) groups is 2. The van der Waals surface area contributed by atoms with E-state index in [1.807, 2.05) is 6.26 Å². The monoisotopic (exact) mass is 257 g/mol. The van der Waals surface area contributed by atoms with E-state index in [-0.39, 0.29) is 12.5 Å². The number of nitrogens with zero attached hydrogens (tertiary/aromatic N) is 2. The van der Waals surface area contributed by atoms with Crippen molar-refractivity contribution in [1.82, 2.24) is 9.78 Å². The van der Waals surface area contributed by atoms with Crippen molar-refractivity contribution in [2.45, 2.75) is 19.4 Å². The van der Waals surface area contributed by atoms with Gasteiger partial charge in [-0.05, 0) is 18.4 Å². The Bertz CT molecular complexity index is 392. The highest BCUT2D eigenvalue weighted by atomic mass is 32.2. The molecule has 0 atom stereocenters. The highest BCUT2D eigenvalue weighted by Crippen LogP contribution is 2.05. The van der Waals surface area contributed by atoms with Gasteiger partial charge in [0.05, 0.1) is 0 Å². The number of hydrogen-bond donors (Lipinski definition) is 2. The van der Waals surface area contributed by atoms with Gasteiger partial charge in [-0.1, -0.05) is 0 Å². The van der Waals surface area contributed by atoms with Crippen LogP contribution in [0.25, 0.3) is 0 Å². The molecule has 0 saturated heterocycles. The molecule has 0 aliphatic carbocycles. The summed E-state index contributed by atoms with van der Waals surface area (Å²) in [7, 11) is 0. The lowest BCUT2D eigenvalue weighted by atomic mass is 10.3. The fraction of sp³-hybridized carbons (Fsp3) is 0.500. The number of hydrogen-bond acceptors (Lipinski definition) is 4. The van der Waals surface area contributed by atoms with Crippen molar-refractivity contribution < 1.29 is 14.7 Å². The van der Waals surface area contributed by atoms with Crippen LogP contribution in [0.15, 0.2) is 12.3 Å². The van der Waals surface area contributed by atoms with Gasteiger partial charge in [0.25, 0.3) is 0 Å². The molecule has 7 heteroatoms.